The number of Topliss-reactive ketones (excluding diaryl/α,β-unsaturated/α-hetero) is 2. The maximum Gasteiger partial charge on any atom is 0.228 e. The zero-order valence-electron chi connectivity index (χ0n) is 21.4. The third kappa shape index (κ3) is 3.32. The second-order valence-electron chi connectivity index (χ2n) is 11.7. The molecule has 0 N–H and O–H groups in total. The molecule has 0 unspecified atom stereocenters. The normalized spacial score (nSPS) is 29.9. The summed E-state index contributed by atoms with van der Waals surface area (Å²) in [7, 11) is 0. The number of rotatable bonds is 0. The quantitative estimate of drug-likeness (QED) is 0.316. The van der Waals surface area contributed by atoms with E-state index in [-0.39, 0.29) is 34.9 Å². The Hall–Kier alpha value is -2.42. The van der Waals surface area contributed by atoms with Crippen LogP contribution in [0.1, 0.15) is 56.2 Å². The fraction of sp³-hybridized carbons (Fsp3) is 0.400. The van der Waals surface area contributed by atoms with Gasteiger partial charge in [0, 0.05) is 32.3 Å². The molecule has 0 fully saturated rings. The second-order valence-corrected chi connectivity index (χ2v) is 13.5. The first-order valence-electron chi connectivity index (χ1n) is 12.8. The summed E-state index contributed by atoms with van der Waals surface area (Å²) in [5, 5.41) is 0. The number of hydrogen-bond donors (Lipinski definition) is 0. The third-order valence-electron chi connectivity index (χ3n) is 8.61. The molecule has 0 amide bonds. The second kappa shape index (κ2) is 8.05. The van der Waals surface area contributed by atoms with Crippen molar-refractivity contribution in [1.82, 2.24) is 0 Å². The van der Waals surface area contributed by atoms with Crippen LogP contribution in [0.15, 0.2) is 68.0 Å². The molecule has 4 atom stereocenters. The van der Waals surface area contributed by atoms with Gasteiger partial charge < -0.3 is 18.9 Å². The van der Waals surface area contributed by atoms with Crippen molar-refractivity contribution >= 4 is 43.4 Å². The number of halogens is 2. The molecule has 196 valence electrons. The van der Waals surface area contributed by atoms with E-state index in [9.17, 15) is 9.59 Å². The Balaban J connectivity index is 1.45. The van der Waals surface area contributed by atoms with Gasteiger partial charge in [0.25, 0.3) is 0 Å². The van der Waals surface area contributed by atoms with Gasteiger partial charge in [-0.15, -0.1) is 0 Å². The summed E-state index contributed by atoms with van der Waals surface area (Å²) < 4.78 is 27.0. The van der Waals surface area contributed by atoms with E-state index >= 15 is 0 Å². The van der Waals surface area contributed by atoms with Crippen molar-refractivity contribution in [3.05, 3.63) is 84.7 Å². The number of benzene rings is 2. The van der Waals surface area contributed by atoms with Crippen molar-refractivity contribution in [3.8, 4) is 5.75 Å². The molecule has 2 aromatic carbocycles. The van der Waals surface area contributed by atoms with Gasteiger partial charge in [0.05, 0.1) is 24.4 Å². The fourth-order valence-corrected chi connectivity index (χ4v) is 7.56. The summed E-state index contributed by atoms with van der Waals surface area (Å²) in [6.07, 6.45) is -0.439. The number of ketones is 2. The van der Waals surface area contributed by atoms with E-state index in [4.69, 9.17) is 18.9 Å². The summed E-state index contributed by atoms with van der Waals surface area (Å²) in [5.41, 5.74) is 1.95. The van der Waals surface area contributed by atoms with Crippen molar-refractivity contribution in [2.45, 2.75) is 63.4 Å². The van der Waals surface area contributed by atoms with Gasteiger partial charge >= 0.3 is 0 Å². The molecule has 7 rings (SSSR count). The van der Waals surface area contributed by atoms with Crippen LogP contribution >= 0.6 is 31.9 Å². The predicted molar refractivity (Wildman–Crippen MR) is 146 cm³/mol. The highest BCUT2D eigenvalue weighted by atomic mass is 79.9. The van der Waals surface area contributed by atoms with E-state index in [1.165, 1.54) is 0 Å². The largest absolute Gasteiger partial charge is 0.493 e. The number of ether oxygens (including phenoxy) is 4. The van der Waals surface area contributed by atoms with Gasteiger partial charge in [-0.3, -0.25) is 9.59 Å². The first kappa shape index (κ1) is 24.6. The summed E-state index contributed by atoms with van der Waals surface area (Å²) in [4.78, 5) is 28.9. The highest BCUT2D eigenvalue weighted by Gasteiger charge is 2.60. The van der Waals surface area contributed by atoms with Gasteiger partial charge in [-0.2, -0.15) is 0 Å². The Morgan fingerprint density at radius 1 is 0.789 bits per heavy atom. The number of allylic oxidation sites excluding steroid dienone is 2. The highest BCUT2D eigenvalue weighted by Crippen LogP contribution is 2.57. The minimum absolute atomic E-state index is 0.113. The van der Waals surface area contributed by atoms with E-state index in [2.05, 4.69) is 31.9 Å². The smallest absolute Gasteiger partial charge is 0.228 e. The molecule has 0 saturated heterocycles. The Kier molecular flexibility index (Phi) is 5.22. The average Bonchev–Trinajstić information content (AvgIpc) is 2.86. The first-order chi connectivity index (χ1) is 18.0. The monoisotopic (exact) mass is 640 g/mol. The molecule has 4 heterocycles. The topological polar surface area (TPSA) is 71.1 Å². The summed E-state index contributed by atoms with van der Waals surface area (Å²) >= 11 is 7.16. The van der Waals surface area contributed by atoms with Crippen LogP contribution in [0, 0.1) is 5.92 Å². The van der Waals surface area contributed by atoms with E-state index in [1.54, 1.807) is 0 Å². The van der Waals surface area contributed by atoms with Gasteiger partial charge in [0.1, 0.15) is 23.1 Å². The molecule has 0 spiro atoms. The van der Waals surface area contributed by atoms with Gasteiger partial charge in [-0.25, -0.2) is 0 Å². The zero-order chi connectivity index (χ0) is 26.7. The lowest BCUT2D eigenvalue weighted by atomic mass is 9.64. The Bertz CT molecular complexity index is 1400. The van der Waals surface area contributed by atoms with Crippen LogP contribution in [0.3, 0.4) is 0 Å². The van der Waals surface area contributed by atoms with Crippen molar-refractivity contribution < 1.29 is 28.5 Å². The predicted octanol–water partition coefficient (Wildman–Crippen LogP) is 6.26. The molecule has 0 bridgehead atoms. The molecule has 4 aliphatic heterocycles. The summed E-state index contributed by atoms with van der Waals surface area (Å²) in [6.45, 7) is 8.55. The van der Waals surface area contributed by atoms with Crippen LogP contribution in [-0.2, 0) is 30.4 Å². The number of fused-ring (bicyclic) bond motifs is 8. The van der Waals surface area contributed by atoms with Crippen molar-refractivity contribution in [2.75, 3.05) is 6.61 Å². The van der Waals surface area contributed by atoms with Gasteiger partial charge in [0.15, 0.2) is 11.5 Å². The molecule has 0 aromatic heterocycles. The lowest BCUT2D eigenvalue weighted by Gasteiger charge is -2.52. The Labute approximate surface area is 237 Å². The lowest BCUT2D eigenvalue weighted by Crippen LogP contribution is -2.56. The highest BCUT2D eigenvalue weighted by molar-refractivity contribution is 9.10. The molecule has 1 aliphatic carbocycles. The number of carbonyl (C=O) groups is 2. The number of carbonyl (C=O) groups excluding carboxylic acids is 2. The van der Waals surface area contributed by atoms with Crippen LogP contribution in [0.25, 0.3) is 0 Å². The molecule has 8 heteroatoms. The average molecular weight is 642 g/mol. The standard InChI is InChI=1S/C30H26Br2O6/c1-29(2)18-12-35-19-8-7-15(32)10-17(19)20(18)22-24(33)27-23(25(34)26(22)37-29)21-16-9-14(31)6-5-13(16)11-36-28(21)30(3,4)38-27/h5-10,18,20-21,28H,11-12H2,1-4H3/t18-,20+,21+,28+/m0/s1. The molecular formula is C30H26Br2O6. The molecular weight excluding hydrogens is 616 g/mol. The fourth-order valence-electron chi connectivity index (χ4n) is 6.80. The SMILES string of the molecule is CC1(C)OC2=C(C(=O)C3=C(C2=O)[C@@H]2c4cc(Br)ccc4OC[C@@H]2C(C)(C)O3)[C@H]2c3cc(Br)ccc3CO[C@H]21. The first-order valence-corrected chi connectivity index (χ1v) is 14.3. The third-order valence-corrected chi connectivity index (χ3v) is 9.60. The van der Waals surface area contributed by atoms with E-state index < -0.39 is 23.2 Å². The summed E-state index contributed by atoms with van der Waals surface area (Å²) in [5.74, 6) is -0.634. The van der Waals surface area contributed by atoms with Gasteiger partial charge in [0.2, 0.25) is 11.6 Å². The zero-order valence-corrected chi connectivity index (χ0v) is 24.6. The van der Waals surface area contributed by atoms with E-state index in [1.807, 2.05) is 64.1 Å². The Morgan fingerprint density at radius 3 is 2.11 bits per heavy atom. The molecule has 0 saturated carbocycles. The minimum atomic E-state index is -0.831. The van der Waals surface area contributed by atoms with Crippen LogP contribution in [0.2, 0.25) is 0 Å². The van der Waals surface area contributed by atoms with Gasteiger partial charge in [-0.1, -0.05) is 37.9 Å². The molecule has 38 heavy (non-hydrogen) atoms. The van der Waals surface area contributed by atoms with Crippen LogP contribution in [0.5, 0.6) is 5.75 Å². The number of hydrogen-bond acceptors (Lipinski definition) is 6. The van der Waals surface area contributed by atoms with E-state index in [0.717, 1.165) is 25.6 Å². The van der Waals surface area contributed by atoms with Crippen molar-refractivity contribution in [3.63, 3.8) is 0 Å². The van der Waals surface area contributed by atoms with Crippen LogP contribution in [0.4, 0.5) is 0 Å². The maximum atomic E-state index is 14.5. The molecule has 5 aliphatic rings. The van der Waals surface area contributed by atoms with Crippen LogP contribution < -0.4 is 4.74 Å². The van der Waals surface area contributed by atoms with Gasteiger partial charge in [-0.05, 0) is 69.2 Å². The molecule has 2 aromatic rings. The summed E-state index contributed by atoms with van der Waals surface area (Å²) in [6, 6.07) is 11.8. The van der Waals surface area contributed by atoms with Crippen molar-refractivity contribution in [2.24, 2.45) is 5.92 Å². The molecule has 0 radical (unpaired) electrons. The lowest BCUT2D eigenvalue weighted by molar-refractivity contribution is -0.155. The Morgan fingerprint density at radius 2 is 1.39 bits per heavy atom. The minimum Gasteiger partial charge on any atom is -0.493 e. The van der Waals surface area contributed by atoms with Crippen molar-refractivity contribution in [1.29, 1.82) is 0 Å². The van der Waals surface area contributed by atoms with Crippen LogP contribution in [-0.4, -0.2) is 35.5 Å². The maximum absolute atomic E-state index is 14.5. The van der Waals surface area contributed by atoms with E-state index in [0.29, 0.717) is 30.1 Å². The molecule has 6 nitrogen and oxygen atoms in total.